The molecule has 0 spiro atoms. The number of thioether (sulfide) groups is 1. The quantitative estimate of drug-likeness (QED) is 0.387. The van der Waals surface area contributed by atoms with Gasteiger partial charge in [-0.25, -0.2) is 0 Å². The van der Waals surface area contributed by atoms with Crippen molar-refractivity contribution in [2.75, 3.05) is 18.1 Å². The summed E-state index contributed by atoms with van der Waals surface area (Å²) >= 11 is 2.04. The van der Waals surface area contributed by atoms with Crippen LogP contribution in [0.15, 0.2) is 12.7 Å². The Morgan fingerprint density at radius 3 is 2.60 bits per heavy atom. The maximum absolute atomic E-state index is 5.71. The van der Waals surface area contributed by atoms with E-state index in [4.69, 9.17) is 4.74 Å². The highest BCUT2D eigenvalue weighted by atomic mass is 32.2. The standard InChI is InChI=1S/C13H26OS/c1-4-7-10-14-13(6-3)9-8-12-15-11-5-2/h6,13H,3-5,7-12H2,1-2H3. The maximum Gasteiger partial charge on any atom is 0.0753 e. The van der Waals surface area contributed by atoms with Crippen LogP contribution in [0, 0.1) is 0 Å². The van der Waals surface area contributed by atoms with Crippen molar-refractivity contribution in [3.63, 3.8) is 0 Å². The molecular formula is C13H26OS. The van der Waals surface area contributed by atoms with Crippen LogP contribution in [0.3, 0.4) is 0 Å². The normalized spacial score (nSPS) is 12.7. The molecule has 0 N–H and O–H groups in total. The van der Waals surface area contributed by atoms with Crippen LogP contribution in [0.1, 0.15) is 46.0 Å². The van der Waals surface area contributed by atoms with Gasteiger partial charge in [0.1, 0.15) is 0 Å². The summed E-state index contributed by atoms with van der Waals surface area (Å²) in [6, 6.07) is 0. The van der Waals surface area contributed by atoms with Crippen molar-refractivity contribution in [2.24, 2.45) is 0 Å². The van der Waals surface area contributed by atoms with Gasteiger partial charge >= 0.3 is 0 Å². The lowest BCUT2D eigenvalue weighted by Gasteiger charge is -2.13. The van der Waals surface area contributed by atoms with Crippen LogP contribution in [0.5, 0.6) is 0 Å². The second-order valence-corrected chi connectivity index (χ2v) is 4.98. The van der Waals surface area contributed by atoms with Crippen molar-refractivity contribution >= 4 is 11.8 Å². The van der Waals surface area contributed by atoms with Crippen LogP contribution in [0.25, 0.3) is 0 Å². The van der Waals surface area contributed by atoms with Gasteiger partial charge in [-0.15, -0.1) is 6.58 Å². The Hall–Kier alpha value is 0.0500. The number of hydrogen-bond donors (Lipinski definition) is 0. The third kappa shape index (κ3) is 10.3. The van der Waals surface area contributed by atoms with Crippen LogP contribution >= 0.6 is 11.8 Å². The van der Waals surface area contributed by atoms with Crippen molar-refractivity contribution in [1.82, 2.24) is 0 Å². The zero-order valence-electron chi connectivity index (χ0n) is 10.3. The van der Waals surface area contributed by atoms with Crippen molar-refractivity contribution in [3.05, 3.63) is 12.7 Å². The molecule has 0 aliphatic heterocycles. The number of rotatable bonds is 11. The summed E-state index contributed by atoms with van der Waals surface area (Å²) in [5, 5.41) is 0. The zero-order valence-corrected chi connectivity index (χ0v) is 11.2. The van der Waals surface area contributed by atoms with Gasteiger partial charge < -0.3 is 4.74 Å². The second-order valence-electron chi connectivity index (χ2n) is 3.75. The minimum Gasteiger partial charge on any atom is -0.374 e. The van der Waals surface area contributed by atoms with Crippen LogP contribution in [-0.4, -0.2) is 24.2 Å². The monoisotopic (exact) mass is 230 g/mol. The molecule has 1 atom stereocenters. The molecule has 1 unspecified atom stereocenters. The summed E-state index contributed by atoms with van der Waals surface area (Å²) in [6.45, 7) is 9.12. The third-order valence-corrected chi connectivity index (χ3v) is 3.49. The molecule has 0 aromatic rings. The molecule has 0 saturated carbocycles. The van der Waals surface area contributed by atoms with E-state index in [0.717, 1.165) is 19.4 Å². The first kappa shape index (κ1) is 15.0. The molecule has 0 rings (SSSR count). The highest BCUT2D eigenvalue weighted by Crippen LogP contribution is 2.10. The second kappa shape index (κ2) is 12.1. The van der Waals surface area contributed by atoms with Crippen molar-refractivity contribution in [2.45, 2.75) is 52.1 Å². The summed E-state index contributed by atoms with van der Waals surface area (Å²) in [6.07, 6.45) is 8.24. The first-order valence-electron chi connectivity index (χ1n) is 6.17. The van der Waals surface area contributed by atoms with Crippen LogP contribution in [0.4, 0.5) is 0 Å². The Morgan fingerprint density at radius 2 is 2.00 bits per heavy atom. The Balaban J connectivity index is 3.32. The fourth-order valence-electron chi connectivity index (χ4n) is 1.28. The number of unbranched alkanes of at least 4 members (excludes halogenated alkanes) is 1. The predicted octanol–water partition coefficient (Wildman–Crippen LogP) is 4.28. The predicted molar refractivity (Wildman–Crippen MR) is 71.7 cm³/mol. The summed E-state index contributed by atoms with van der Waals surface area (Å²) < 4.78 is 5.71. The highest BCUT2D eigenvalue weighted by Gasteiger charge is 2.03. The molecule has 0 radical (unpaired) electrons. The molecule has 0 fully saturated rings. The van der Waals surface area contributed by atoms with E-state index < -0.39 is 0 Å². The van der Waals surface area contributed by atoms with Gasteiger partial charge in [0.05, 0.1) is 6.10 Å². The topological polar surface area (TPSA) is 9.23 Å². The van der Waals surface area contributed by atoms with E-state index in [1.54, 1.807) is 0 Å². The largest absolute Gasteiger partial charge is 0.374 e. The van der Waals surface area contributed by atoms with Crippen LogP contribution in [-0.2, 0) is 4.74 Å². The van der Waals surface area contributed by atoms with Gasteiger partial charge in [-0.2, -0.15) is 11.8 Å². The lowest BCUT2D eigenvalue weighted by molar-refractivity contribution is 0.0772. The third-order valence-electron chi connectivity index (χ3n) is 2.22. The fraction of sp³-hybridized carbons (Fsp3) is 0.846. The van der Waals surface area contributed by atoms with Gasteiger partial charge in [0.25, 0.3) is 0 Å². The molecule has 0 aromatic heterocycles. The van der Waals surface area contributed by atoms with Gasteiger partial charge in [0.2, 0.25) is 0 Å². The van der Waals surface area contributed by atoms with E-state index in [1.165, 1.54) is 30.8 Å². The average Bonchev–Trinajstić information content (AvgIpc) is 2.26. The molecule has 2 heteroatoms. The molecule has 90 valence electrons. The molecule has 0 amide bonds. The van der Waals surface area contributed by atoms with E-state index in [9.17, 15) is 0 Å². The highest BCUT2D eigenvalue weighted by molar-refractivity contribution is 7.99. The van der Waals surface area contributed by atoms with Gasteiger partial charge in [-0.05, 0) is 37.2 Å². The Bertz CT molecular complexity index is 136. The summed E-state index contributed by atoms with van der Waals surface area (Å²) in [5.41, 5.74) is 0. The molecule has 0 saturated heterocycles. The van der Waals surface area contributed by atoms with Crippen molar-refractivity contribution < 1.29 is 4.74 Å². The molecule has 1 nitrogen and oxygen atoms in total. The zero-order chi connectivity index (χ0) is 11.4. The first-order valence-corrected chi connectivity index (χ1v) is 7.32. The van der Waals surface area contributed by atoms with E-state index in [0.29, 0.717) is 0 Å². The molecule has 0 aliphatic rings. The van der Waals surface area contributed by atoms with Crippen LogP contribution < -0.4 is 0 Å². The van der Waals surface area contributed by atoms with E-state index in [1.807, 2.05) is 17.8 Å². The summed E-state index contributed by atoms with van der Waals surface area (Å²) in [5.74, 6) is 2.55. The molecule has 0 heterocycles. The summed E-state index contributed by atoms with van der Waals surface area (Å²) in [4.78, 5) is 0. The van der Waals surface area contributed by atoms with E-state index >= 15 is 0 Å². The van der Waals surface area contributed by atoms with Crippen LogP contribution in [0.2, 0.25) is 0 Å². The van der Waals surface area contributed by atoms with Gasteiger partial charge in [-0.1, -0.05) is 26.3 Å². The Kier molecular flexibility index (Phi) is 12.2. The lowest BCUT2D eigenvalue weighted by Crippen LogP contribution is -2.10. The van der Waals surface area contributed by atoms with Crippen molar-refractivity contribution in [1.29, 1.82) is 0 Å². The Morgan fingerprint density at radius 1 is 1.20 bits per heavy atom. The van der Waals surface area contributed by atoms with Gasteiger partial charge in [-0.3, -0.25) is 0 Å². The molecule has 0 bridgehead atoms. The average molecular weight is 230 g/mol. The minimum absolute atomic E-state index is 0.277. The number of hydrogen-bond acceptors (Lipinski definition) is 2. The SMILES string of the molecule is C=CC(CCCSCCC)OCCCC. The smallest absolute Gasteiger partial charge is 0.0753 e. The Labute approximate surface area is 99.7 Å². The molecular weight excluding hydrogens is 204 g/mol. The van der Waals surface area contributed by atoms with Gasteiger partial charge in [0.15, 0.2) is 0 Å². The molecule has 15 heavy (non-hydrogen) atoms. The summed E-state index contributed by atoms with van der Waals surface area (Å²) in [7, 11) is 0. The number of ether oxygens (including phenoxy) is 1. The maximum atomic E-state index is 5.71. The van der Waals surface area contributed by atoms with E-state index in [2.05, 4.69) is 20.4 Å². The first-order chi connectivity index (χ1) is 7.35. The molecule has 0 aromatic carbocycles. The minimum atomic E-state index is 0.277. The molecule has 0 aliphatic carbocycles. The van der Waals surface area contributed by atoms with Gasteiger partial charge in [0, 0.05) is 6.61 Å². The van der Waals surface area contributed by atoms with Crippen molar-refractivity contribution in [3.8, 4) is 0 Å². The lowest BCUT2D eigenvalue weighted by atomic mass is 10.2. The van der Waals surface area contributed by atoms with E-state index in [-0.39, 0.29) is 6.10 Å². The fourth-order valence-corrected chi connectivity index (χ4v) is 2.14.